The van der Waals surface area contributed by atoms with E-state index in [1.165, 1.54) is 0 Å². The molecule has 0 saturated heterocycles. The number of nitrogens with zero attached hydrogens (tertiary/aromatic N) is 1. The first-order chi connectivity index (χ1) is 12.0. The third kappa shape index (κ3) is 3.49. The molecule has 0 amide bonds. The zero-order chi connectivity index (χ0) is 18.0. The Kier molecular flexibility index (Phi) is 4.72. The number of ether oxygens (including phenoxy) is 1. The smallest absolute Gasteiger partial charge is 0.328 e. The van der Waals surface area contributed by atoms with Crippen LogP contribution in [0.2, 0.25) is 5.02 Å². The highest BCUT2D eigenvalue weighted by molar-refractivity contribution is 6.31. The number of H-pyrrole nitrogens is 1. The fourth-order valence-electron chi connectivity index (χ4n) is 2.59. The van der Waals surface area contributed by atoms with Gasteiger partial charge in [-0.25, -0.2) is 4.68 Å². The Balaban J connectivity index is 1.83. The summed E-state index contributed by atoms with van der Waals surface area (Å²) in [4.78, 5) is 36.6. The zero-order valence-electron chi connectivity index (χ0n) is 13.4. The molecule has 0 aliphatic carbocycles. The number of aromatic nitrogens is 2. The third-order valence-electron chi connectivity index (χ3n) is 3.82. The van der Waals surface area contributed by atoms with E-state index >= 15 is 0 Å². The number of hydrogen-bond acceptors (Lipinski definition) is 4. The summed E-state index contributed by atoms with van der Waals surface area (Å²) in [5.41, 5.74) is -0.239. The fourth-order valence-corrected chi connectivity index (χ4v) is 2.88. The number of carbonyl (C=O) groups is 1. The van der Waals surface area contributed by atoms with E-state index in [0.29, 0.717) is 10.6 Å². The highest BCUT2D eigenvalue weighted by atomic mass is 35.5. The molecule has 1 aromatic heterocycles. The summed E-state index contributed by atoms with van der Waals surface area (Å²) in [6, 6.07) is 13.4. The number of nitrogens with one attached hydrogen (secondary N) is 1. The predicted octanol–water partition coefficient (Wildman–Crippen LogP) is 2.65. The summed E-state index contributed by atoms with van der Waals surface area (Å²) >= 11 is 6.08. The number of halogens is 1. The molecule has 0 fully saturated rings. The van der Waals surface area contributed by atoms with Crippen LogP contribution in [-0.4, -0.2) is 15.7 Å². The highest BCUT2D eigenvalue weighted by Gasteiger charge is 2.16. The molecule has 1 N–H and O–H groups in total. The van der Waals surface area contributed by atoms with Crippen molar-refractivity contribution in [2.75, 3.05) is 0 Å². The maximum atomic E-state index is 12.4. The van der Waals surface area contributed by atoms with Gasteiger partial charge in [-0.2, -0.15) is 0 Å². The fraction of sp³-hybridized carbons (Fsp3) is 0.167. The van der Waals surface area contributed by atoms with Gasteiger partial charge in [0, 0.05) is 10.6 Å². The molecule has 1 atom stereocenters. The van der Waals surface area contributed by atoms with Crippen molar-refractivity contribution in [2.45, 2.75) is 19.6 Å². The Morgan fingerprint density at radius 2 is 1.76 bits per heavy atom. The molecule has 0 saturated carbocycles. The zero-order valence-corrected chi connectivity index (χ0v) is 14.1. The molecule has 2 aromatic carbocycles. The summed E-state index contributed by atoms with van der Waals surface area (Å²) < 4.78 is 6.27. The molecule has 0 spiro atoms. The molecule has 3 aromatic rings. The monoisotopic (exact) mass is 358 g/mol. The second-order valence-corrected chi connectivity index (χ2v) is 5.94. The van der Waals surface area contributed by atoms with Gasteiger partial charge >= 0.3 is 5.97 Å². The van der Waals surface area contributed by atoms with E-state index in [0.717, 1.165) is 4.68 Å². The average molecular weight is 359 g/mol. The molecule has 0 aliphatic rings. The van der Waals surface area contributed by atoms with Crippen LogP contribution in [0.4, 0.5) is 0 Å². The quantitative estimate of drug-likeness (QED) is 0.727. The van der Waals surface area contributed by atoms with E-state index in [1.807, 2.05) is 0 Å². The normalized spacial score (nSPS) is 12.1. The molecule has 0 bridgehead atoms. The van der Waals surface area contributed by atoms with Gasteiger partial charge in [0.05, 0.1) is 10.8 Å². The summed E-state index contributed by atoms with van der Waals surface area (Å²) in [5.74, 6) is -0.652. The Labute approximate surface area is 147 Å². The first-order valence-electron chi connectivity index (χ1n) is 7.63. The Morgan fingerprint density at radius 1 is 1.12 bits per heavy atom. The number of benzene rings is 2. The highest BCUT2D eigenvalue weighted by Crippen LogP contribution is 2.24. The molecule has 0 radical (unpaired) electrons. The molecule has 1 heterocycles. The summed E-state index contributed by atoms with van der Waals surface area (Å²) in [6.07, 6.45) is -0.580. The third-order valence-corrected chi connectivity index (χ3v) is 4.17. The lowest BCUT2D eigenvalue weighted by Gasteiger charge is -2.15. The van der Waals surface area contributed by atoms with Crippen LogP contribution in [0, 0.1) is 0 Å². The largest absolute Gasteiger partial charge is 0.456 e. The van der Waals surface area contributed by atoms with Gasteiger partial charge in [0.1, 0.15) is 12.6 Å². The van der Waals surface area contributed by atoms with E-state index in [1.54, 1.807) is 55.5 Å². The van der Waals surface area contributed by atoms with Crippen LogP contribution in [0.3, 0.4) is 0 Å². The minimum Gasteiger partial charge on any atom is -0.456 e. The summed E-state index contributed by atoms with van der Waals surface area (Å²) in [6.45, 7) is 1.29. The molecule has 128 valence electrons. The van der Waals surface area contributed by atoms with Gasteiger partial charge in [-0.15, -0.1) is 0 Å². The van der Waals surface area contributed by atoms with Crippen molar-refractivity contribution in [2.24, 2.45) is 0 Å². The van der Waals surface area contributed by atoms with Crippen molar-refractivity contribution >= 4 is 28.3 Å². The lowest BCUT2D eigenvalue weighted by atomic mass is 10.1. The molecule has 6 nitrogen and oxygen atoms in total. The second kappa shape index (κ2) is 6.94. The van der Waals surface area contributed by atoms with Gasteiger partial charge in [0.2, 0.25) is 0 Å². The van der Waals surface area contributed by atoms with Crippen LogP contribution >= 0.6 is 11.6 Å². The first kappa shape index (κ1) is 17.0. The van der Waals surface area contributed by atoms with Crippen LogP contribution in [0.1, 0.15) is 18.6 Å². The SMILES string of the molecule is C[C@H](OC(=O)Cn1[nH]c(=O)c2ccccc2c1=O)c1ccccc1Cl. The first-order valence-corrected chi connectivity index (χ1v) is 8.01. The minimum absolute atomic E-state index is 0.248. The summed E-state index contributed by atoms with van der Waals surface area (Å²) in [5, 5.41) is 3.41. The molecule has 0 unspecified atom stereocenters. The predicted molar refractivity (Wildman–Crippen MR) is 94.8 cm³/mol. The van der Waals surface area contributed by atoms with Crippen LogP contribution in [0.5, 0.6) is 0 Å². The van der Waals surface area contributed by atoms with Crippen LogP contribution < -0.4 is 11.1 Å². The van der Waals surface area contributed by atoms with Crippen molar-refractivity contribution in [3.05, 3.63) is 79.8 Å². The van der Waals surface area contributed by atoms with Crippen LogP contribution in [-0.2, 0) is 16.1 Å². The van der Waals surface area contributed by atoms with Gasteiger partial charge in [0.15, 0.2) is 0 Å². The number of rotatable bonds is 4. The van der Waals surface area contributed by atoms with E-state index < -0.39 is 29.7 Å². The molecular formula is C18H15ClN2O4. The van der Waals surface area contributed by atoms with Crippen LogP contribution in [0.25, 0.3) is 10.8 Å². The number of aromatic amines is 1. The minimum atomic E-state index is -0.652. The number of carbonyl (C=O) groups excluding carboxylic acids is 1. The standard InChI is InChI=1S/C18H15ClN2O4/c1-11(12-6-4-5-9-15(12)19)25-16(22)10-21-18(24)14-8-3-2-7-13(14)17(23)20-21/h2-9,11H,10H2,1H3,(H,20,23)/t11-/m0/s1. The van der Waals surface area contributed by atoms with Gasteiger partial charge < -0.3 is 4.74 Å². The maximum absolute atomic E-state index is 12.4. The number of hydrogen-bond donors (Lipinski definition) is 1. The molecule has 25 heavy (non-hydrogen) atoms. The average Bonchev–Trinajstić information content (AvgIpc) is 2.59. The van der Waals surface area contributed by atoms with Crippen molar-refractivity contribution in [3.63, 3.8) is 0 Å². The van der Waals surface area contributed by atoms with Gasteiger partial charge in [0.25, 0.3) is 11.1 Å². The Hall–Kier alpha value is -2.86. The lowest BCUT2D eigenvalue weighted by Crippen LogP contribution is -2.33. The van der Waals surface area contributed by atoms with Gasteiger partial charge in [-0.1, -0.05) is 41.9 Å². The van der Waals surface area contributed by atoms with Crippen molar-refractivity contribution in [3.8, 4) is 0 Å². The molecule has 0 aliphatic heterocycles. The van der Waals surface area contributed by atoms with Gasteiger partial charge in [-0.3, -0.25) is 19.5 Å². The van der Waals surface area contributed by atoms with Gasteiger partial charge in [-0.05, 0) is 25.1 Å². The summed E-state index contributed by atoms with van der Waals surface area (Å²) in [7, 11) is 0. The van der Waals surface area contributed by atoms with E-state index in [4.69, 9.17) is 16.3 Å². The molecule has 3 rings (SSSR count). The number of esters is 1. The van der Waals surface area contributed by atoms with Crippen molar-refractivity contribution < 1.29 is 9.53 Å². The van der Waals surface area contributed by atoms with Crippen molar-refractivity contribution in [1.29, 1.82) is 0 Å². The maximum Gasteiger partial charge on any atom is 0.328 e. The number of fused-ring (bicyclic) bond motifs is 1. The second-order valence-electron chi connectivity index (χ2n) is 5.53. The van der Waals surface area contributed by atoms with E-state index in [9.17, 15) is 14.4 Å². The van der Waals surface area contributed by atoms with E-state index in [2.05, 4.69) is 5.10 Å². The van der Waals surface area contributed by atoms with Crippen molar-refractivity contribution in [1.82, 2.24) is 9.78 Å². The Bertz CT molecular complexity index is 1050. The Morgan fingerprint density at radius 3 is 2.48 bits per heavy atom. The topological polar surface area (TPSA) is 81.2 Å². The molecular weight excluding hydrogens is 344 g/mol. The van der Waals surface area contributed by atoms with Crippen LogP contribution in [0.15, 0.2) is 58.1 Å². The van der Waals surface area contributed by atoms with E-state index in [-0.39, 0.29) is 10.8 Å². The lowest BCUT2D eigenvalue weighted by molar-refractivity contribution is -0.149. The molecule has 7 heteroatoms.